The maximum Gasteiger partial charge on any atom is 0.312 e. The molecule has 0 aliphatic carbocycles. The molecule has 0 radical (unpaired) electrons. The number of aromatic nitrogens is 1. The number of nitrogens with one attached hydrogen (secondary N) is 1. The van der Waals surface area contributed by atoms with Crippen LogP contribution in [0, 0.1) is 30.6 Å². The van der Waals surface area contributed by atoms with Crippen LogP contribution in [-0.4, -0.2) is 117 Å². The Morgan fingerprint density at radius 1 is 0.937 bits per heavy atom. The number of phenols is 3. The first-order chi connectivity index (χ1) is 29.8. The van der Waals surface area contributed by atoms with Gasteiger partial charge in [-0.3, -0.25) is 19.3 Å². The maximum absolute atomic E-state index is 14.6. The minimum Gasteiger partial charge on any atom is -0.507 e. The molecule has 5 bridgehead atoms. The molecule has 4 aliphatic rings. The van der Waals surface area contributed by atoms with Gasteiger partial charge in [-0.1, -0.05) is 52.0 Å². The number of anilines is 2. The van der Waals surface area contributed by atoms with Crippen molar-refractivity contribution in [2.75, 3.05) is 43.5 Å². The third-order valence-corrected chi connectivity index (χ3v) is 12.8. The van der Waals surface area contributed by atoms with Gasteiger partial charge in [-0.25, -0.2) is 4.98 Å². The average molecular weight is 873 g/mol. The highest BCUT2D eigenvalue weighted by Crippen LogP contribution is 2.55. The lowest BCUT2D eigenvalue weighted by molar-refractivity contribution is -0.160. The molecule has 16 heteroatoms. The third kappa shape index (κ3) is 9.21. The van der Waals surface area contributed by atoms with E-state index in [-0.39, 0.29) is 51.0 Å². The van der Waals surface area contributed by atoms with E-state index in [1.807, 2.05) is 23.1 Å². The Morgan fingerprint density at radius 3 is 2.27 bits per heavy atom. The van der Waals surface area contributed by atoms with Crippen molar-refractivity contribution in [3.8, 4) is 23.0 Å². The predicted molar refractivity (Wildman–Crippen MR) is 236 cm³/mol. The molecule has 340 valence electrons. The van der Waals surface area contributed by atoms with Crippen molar-refractivity contribution in [3.05, 3.63) is 77.2 Å². The summed E-state index contributed by atoms with van der Waals surface area (Å²) in [7, 11) is 1.44. The van der Waals surface area contributed by atoms with Crippen molar-refractivity contribution in [2.45, 2.75) is 92.1 Å². The zero-order valence-corrected chi connectivity index (χ0v) is 37.3. The molecule has 1 saturated heterocycles. The van der Waals surface area contributed by atoms with E-state index in [4.69, 9.17) is 18.9 Å². The number of carbonyl (C=O) groups excluding carboxylic acids is 3. The number of aromatic hydroxyl groups is 3. The fourth-order valence-electron chi connectivity index (χ4n) is 8.84. The smallest absolute Gasteiger partial charge is 0.312 e. The molecule has 2 aromatic carbocycles. The van der Waals surface area contributed by atoms with Gasteiger partial charge in [-0.05, 0) is 32.1 Å². The molecule has 7 rings (SSSR count). The van der Waals surface area contributed by atoms with Crippen LogP contribution in [0.2, 0.25) is 0 Å². The molecule has 0 saturated carbocycles. The number of hydrogen-bond donors (Lipinski definition) is 6. The number of piperazine rings is 1. The van der Waals surface area contributed by atoms with Crippen LogP contribution in [0.4, 0.5) is 11.5 Å². The number of aliphatic hydroxyl groups is 2. The number of amides is 1. The SMILES string of the molecule is CO[C@H]1/C=C/O[C@@]2(C)Oc3c(C)c(O)c4c(O)c(c(CN5CCN(c6ccccn6)CC5)c(O)c4c3C2=O)NC(=O)/C(C)=C\C=C\[C@H](C)[C@H](O)[C@@H](C)[C@@H](O)[C@@H](C)[C@H](OC(C)=O)[C@@H]1C. The van der Waals surface area contributed by atoms with Gasteiger partial charge in [-0.15, -0.1) is 0 Å². The standard InChI is InChI=1S/C47H60N4O12/c1-24-13-12-14-25(2)46(59)49-37-31(23-50-18-20-51(21-19-50)33-15-10-11-17-48-33)41(56)34-35(42(37)57)40(55)29(6)44-36(34)45(58)47(8,63-44)61-22-16-32(60-9)26(3)43(62-30(7)52)28(5)39(54)27(4)38(24)53/h10-17,22,24,26-28,32,38-39,43,53-57H,18-21,23H2,1-9H3,(H,49,59)/b13-12+,22-16+,25-14-/t24-,26+,27+,28+,32-,38-,39+,43+,47-/m0/s1. The average Bonchev–Trinajstić information content (AvgIpc) is 3.53. The normalized spacial score (nSPS) is 30.6. The van der Waals surface area contributed by atoms with Crippen molar-refractivity contribution >= 4 is 39.9 Å². The summed E-state index contributed by atoms with van der Waals surface area (Å²) < 4.78 is 23.8. The number of esters is 1. The highest BCUT2D eigenvalue weighted by molar-refractivity contribution is 6.22. The van der Waals surface area contributed by atoms with Gasteiger partial charge in [0.2, 0.25) is 0 Å². The quantitative estimate of drug-likeness (QED) is 0.106. The van der Waals surface area contributed by atoms with Crippen molar-refractivity contribution in [2.24, 2.45) is 23.7 Å². The van der Waals surface area contributed by atoms with Crippen LogP contribution in [0.15, 0.2) is 60.5 Å². The number of ether oxygens (including phenoxy) is 4. The van der Waals surface area contributed by atoms with Crippen molar-refractivity contribution in [1.82, 2.24) is 9.88 Å². The van der Waals surface area contributed by atoms with Crippen LogP contribution in [0.1, 0.15) is 70.0 Å². The minimum absolute atomic E-state index is 0.0294. The lowest BCUT2D eigenvalue weighted by atomic mass is 9.78. The van der Waals surface area contributed by atoms with Crippen molar-refractivity contribution in [1.29, 1.82) is 0 Å². The molecule has 0 unspecified atom stereocenters. The number of rotatable bonds is 5. The minimum atomic E-state index is -2.03. The van der Waals surface area contributed by atoms with Crippen LogP contribution < -0.4 is 15.0 Å². The van der Waals surface area contributed by atoms with Crippen LogP contribution in [0.5, 0.6) is 23.0 Å². The first-order valence-corrected chi connectivity index (χ1v) is 21.3. The summed E-state index contributed by atoms with van der Waals surface area (Å²) in [6.45, 7) is 14.9. The number of aliphatic hydroxyl groups excluding tert-OH is 2. The van der Waals surface area contributed by atoms with Gasteiger partial charge < -0.3 is 54.7 Å². The van der Waals surface area contributed by atoms with Gasteiger partial charge in [-0.2, -0.15) is 0 Å². The van der Waals surface area contributed by atoms with Gasteiger partial charge in [0.1, 0.15) is 29.2 Å². The molecule has 4 aliphatic heterocycles. The summed E-state index contributed by atoms with van der Waals surface area (Å²) in [6.07, 6.45) is 5.39. The molecular formula is C47H60N4O12. The molecule has 63 heavy (non-hydrogen) atoms. The number of Topliss-reactive ketones (excluding diaryl/α,β-unsaturated/α-hetero) is 1. The molecule has 1 fully saturated rings. The zero-order valence-electron chi connectivity index (χ0n) is 37.3. The third-order valence-electron chi connectivity index (χ3n) is 12.8. The second-order valence-corrected chi connectivity index (χ2v) is 17.1. The first-order valence-electron chi connectivity index (χ1n) is 21.3. The highest BCUT2D eigenvalue weighted by atomic mass is 16.7. The van der Waals surface area contributed by atoms with E-state index >= 15 is 0 Å². The molecule has 3 aromatic rings. The van der Waals surface area contributed by atoms with E-state index in [1.54, 1.807) is 53.0 Å². The van der Waals surface area contributed by atoms with Gasteiger partial charge in [0, 0.05) is 106 Å². The number of benzene rings is 2. The molecule has 0 spiro atoms. The second-order valence-electron chi connectivity index (χ2n) is 17.1. The largest absolute Gasteiger partial charge is 0.507 e. The van der Waals surface area contributed by atoms with Crippen LogP contribution in [0.3, 0.4) is 0 Å². The second kappa shape index (κ2) is 19.0. The summed E-state index contributed by atoms with van der Waals surface area (Å²) in [5, 5.41) is 61.4. The Kier molecular flexibility index (Phi) is 14.1. The molecule has 9 atom stereocenters. The van der Waals surface area contributed by atoms with Gasteiger partial charge >= 0.3 is 11.8 Å². The van der Waals surface area contributed by atoms with E-state index in [0.29, 0.717) is 26.2 Å². The van der Waals surface area contributed by atoms with E-state index in [0.717, 1.165) is 5.82 Å². The zero-order chi connectivity index (χ0) is 46.1. The molecule has 5 heterocycles. The van der Waals surface area contributed by atoms with Crippen LogP contribution in [-0.2, 0) is 30.3 Å². The number of hydrogen-bond acceptors (Lipinski definition) is 15. The van der Waals surface area contributed by atoms with E-state index in [9.17, 15) is 39.9 Å². The topological polar surface area (TPSA) is 221 Å². The van der Waals surface area contributed by atoms with E-state index < -0.39 is 88.8 Å². The number of nitrogens with zero attached hydrogens (tertiary/aromatic N) is 3. The Bertz CT molecular complexity index is 2310. The fourth-order valence-corrected chi connectivity index (χ4v) is 8.84. The van der Waals surface area contributed by atoms with Gasteiger partial charge in [0.15, 0.2) is 5.75 Å². The van der Waals surface area contributed by atoms with Crippen molar-refractivity contribution in [3.63, 3.8) is 0 Å². The number of allylic oxidation sites excluding steroid dienone is 2. The fraction of sp³-hybridized carbons (Fsp3) is 0.489. The Balaban J connectivity index is 1.48. The Labute approximate surface area is 367 Å². The molecule has 1 aromatic heterocycles. The Hall–Kier alpha value is -5.68. The molecule has 6 N–H and O–H groups in total. The number of pyridine rings is 1. The first kappa shape index (κ1) is 46.8. The summed E-state index contributed by atoms with van der Waals surface area (Å²) in [6, 6.07) is 5.68. The lowest BCUT2D eigenvalue weighted by Crippen LogP contribution is -2.46. The molecular weight excluding hydrogens is 813 g/mol. The number of methoxy groups -OCH3 is 1. The van der Waals surface area contributed by atoms with Crippen LogP contribution >= 0.6 is 0 Å². The van der Waals surface area contributed by atoms with E-state index in [2.05, 4.69) is 15.2 Å². The number of fused-ring (bicyclic) bond motifs is 14. The number of ketones is 1. The predicted octanol–water partition coefficient (Wildman–Crippen LogP) is 5.47. The number of phenolic OH excluding ortho intramolecular Hbond substituents is 3. The summed E-state index contributed by atoms with van der Waals surface area (Å²) in [5.74, 6) is -7.22. The lowest BCUT2D eigenvalue weighted by Gasteiger charge is -2.38. The maximum atomic E-state index is 14.6. The monoisotopic (exact) mass is 872 g/mol. The molecule has 1 amide bonds. The van der Waals surface area contributed by atoms with Crippen LogP contribution in [0.25, 0.3) is 10.8 Å². The van der Waals surface area contributed by atoms with E-state index in [1.165, 1.54) is 46.3 Å². The number of carbonyl (C=O) groups is 3. The summed E-state index contributed by atoms with van der Waals surface area (Å²) in [4.78, 5) is 49.5. The highest BCUT2D eigenvalue weighted by Gasteiger charge is 2.50. The Morgan fingerprint density at radius 2 is 1.63 bits per heavy atom. The summed E-state index contributed by atoms with van der Waals surface area (Å²) >= 11 is 0. The van der Waals surface area contributed by atoms with Gasteiger partial charge in [0.05, 0.1) is 41.2 Å². The van der Waals surface area contributed by atoms with Crippen molar-refractivity contribution < 1.29 is 58.9 Å². The molecule has 16 nitrogen and oxygen atoms in total. The van der Waals surface area contributed by atoms with Gasteiger partial charge in [0.25, 0.3) is 11.7 Å². The summed E-state index contributed by atoms with van der Waals surface area (Å²) in [5.41, 5.74) is 0.0769.